The van der Waals surface area contributed by atoms with Gasteiger partial charge in [0.05, 0.1) is 23.3 Å². The lowest BCUT2D eigenvalue weighted by Crippen LogP contribution is -2.13. The van der Waals surface area contributed by atoms with Crippen molar-refractivity contribution in [1.82, 2.24) is 4.98 Å². The Morgan fingerprint density at radius 3 is 2.37 bits per heavy atom. The lowest BCUT2D eigenvalue weighted by Gasteiger charge is -2.10. The molecule has 1 N–H and O–H groups in total. The molecule has 0 aliphatic carbocycles. The molecule has 0 radical (unpaired) electrons. The minimum absolute atomic E-state index is 0.126. The van der Waals surface area contributed by atoms with E-state index < -0.39 is 15.7 Å². The summed E-state index contributed by atoms with van der Waals surface area (Å²) in [4.78, 5) is 16.5. The average Bonchev–Trinajstić information content (AvgIpc) is 2.69. The molecule has 1 heterocycles. The van der Waals surface area contributed by atoms with Gasteiger partial charge in [-0.15, -0.1) is 0 Å². The number of ether oxygens (including phenoxy) is 1. The lowest BCUT2D eigenvalue weighted by molar-refractivity contribution is 0.102. The number of sulfone groups is 1. The Morgan fingerprint density at radius 2 is 1.74 bits per heavy atom. The number of hydrogen-bond donors (Lipinski definition) is 1. The van der Waals surface area contributed by atoms with Crippen molar-refractivity contribution in [2.45, 2.75) is 9.92 Å². The van der Waals surface area contributed by atoms with E-state index in [-0.39, 0.29) is 15.5 Å². The first-order chi connectivity index (χ1) is 12.9. The van der Waals surface area contributed by atoms with Crippen LogP contribution in [0.1, 0.15) is 10.4 Å². The average molecular weight is 447 g/mol. The van der Waals surface area contributed by atoms with E-state index in [9.17, 15) is 13.2 Å². The fourth-order valence-electron chi connectivity index (χ4n) is 2.35. The van der Waals surface area contributed by atoms with Crippen LogP contribution >= 0.6 is 15.9 Å². The summed E-state index contributed by atoms with van der Waals surface area (Å²) in [6, 6.07) is 16.0. The molecule has 0 bridgehead atoms. The van der Waals surface area contributed by atoms with Crippen LogP contribution in [-0.4, -0.2) is 26.4 Å². The highest BCUT2D eigenvalue weighted by molar-refractivity contribution is 9.10. The van der Waals surface area contributed by atoms with Gasteiger partial charge < -0.3 is 10.1 Å². The molecule has 0 unspecified atom stereocenters. The summed E-state index contributed by atoms with van der Waals surface area (Å²) in [5, 5.41) is 2.59. The van der Waals surface area contributed by atoms with Crippen LogP contribution in [0.15, 0.2) is 81.3 Å². The molecule has 27 heavy (non-hydrogen) atoms. The van der Waals surface area contributed by atoms with Crippen LogP contribution in [0.4, 0.5) is 5.69 Å². The predicted molar refractivity (Wildman–Crippen MR) is 105 cm³/mol. The maximum atomic E-state index is 12.6. The lowest BCUT2D eigenvalue weighted by atomic mass is 10.2. The van der Waals surface area contributed by atoms with Crippen LogP contribution in [0.25, 0.3) is 0 Å². The maximum absolute atomic E-state index is 12.6. The fraction of sp³-hybridized carbons (Fsp3) is 0.0526. The number of amides is 1. The number of anilines is 1. The zero-order valence-electron chi connectivity index (χ0n) is 14.2. The molecule has 8 heteroatoms. The Morgan fingerprint density at radius 1 is 1.04 bits per heavy atom. The monoisotopic (exact) mass is 446 g/mol. The first kappa shape index (κ1) is 19.1. The number of para-hydroxylation sites is 2. The van der Waals surface area contributed by atoms with Gasteiger partial charge in [-0.1, -0.05) is 28.1 Å². The third kappa shape index (κ3) is 4.17. The molecule has 0 aliphatic heterocycles. The maximum Gasteiger partial charge on any atom is 0.257 e. The van der Waals surface area contributed by atoms with Crippen molar-refractivity contribution >= 4 is 37.4 Å². The quantitative estimate of drug-likeness (QED) is 0.641. The third-order valence-corrected chi connectivity index (χ3v) is 5.97. The molecule has 138 valence electrons. The van der Waals surface area contributed by atoms with Crippen molar-refractivity contribution < 1.29 is 17.9 Å². The van der Waals surface area contributed by atoms with Crippen LogP contribution in [0.3, 0.4) is 0 Å². The van der Waals surface area contributed by atoms with Crippen LogP contribution in [0.2, 0.25) is 0 Å². The Bertz CT molecular complexity index is 1070. The highest BCUT2D eigenvalue weighted by atomic mass is 79.9. The highest BCUT2D eigenvalue weighted by Crippen LogP contribution is 2.24. The van der Waals surface area contributed by atoms with E-state index in [2.05, 4.69) is 26.2 Å². The van der Waals surface area contributed by atoms with E-state index in [4.69, 9.17) is 4.74 Å². The Labute approximate surface area is 165 Å². The highest BCUT2D eigenvalue weighted by Gasteiger charge is 2.20. The first-order valence-corrected chi connectivity index (χ1v) is 10.1. The Hall–Kier alpha value is -2.71. The number of benzene rings is 2. The SMILES string of the molecule is COc1ccccc1NC(=O)c1ccc(S(=O)(=O)c2ccc(Br)cc2)nc1. The standard InChI is InChI=1S/C19H15BrN2O4S/c1-26-17-5-3-2-4-16(17)22-19(23)13-6-11-18(21-12-13)27(24,25)15-9-7-14(20)8-10-15/h2-12H,1H3,(H,22,23). The second-order valence-electron chi connectivity index (χ2n) is 5.50. The van der Waals surface area contributed by atoms with Crippen LogP contribution in [-0.2, 0) is 9.84 Å². The number of methoxy groups -OCH3 is 1. The molecule has 2 aromatic carbocycles. The molecule has 0 saturated heterocycles. The molecule has 0 aliphatic rings. The van der Waals surface area contributed by atoms with Gasteiger partial charge in [0, 0.05) is 10.7 Å². The summed E-state index contributed by atoms with van der Waals surface area (Å²) in [7, 11) is -2.24. The number of aromatic nitrogens is 1. The van der Waals surface area contributed by atoms with Gasteiger partial charge in [-0.05, 0) is 48.5 Å². The molecule has 3 aromatic rings. The fourth-order valence-corrected chi connectivity index (χ4v) is 3.79. The van der Waals surface area contributed by atoms with E-state index in [1.165, 1.54) is 37.6 Å². The number of rotatable bonds is 5. The molecular formula is C19H15BrN2O4S. The van der Waals surface area contributed by atoms with Gasteiger partial charge in [0.15, 0.2) is 5.03 Å². The molecule has 3 rings (SSSR count). The zero-order chi connectivity index (χ0) is 19.4. The van der Waals surface area contributed by atoms with Gasteiger partial charge in [0.1, 0.15) is 5.75 Å². The summed E-state index contributed by atoms with van der Waals surface area (Å²) >= 11 is 3.27. The zero-order valence-corrected chi connectivity index (χ0v) is 16.6. The number of halogens is 1. The van der Waals surface area contributed by atoms with Crippen LogP contribution < -0.4 is 10.1 Å². The minimum atomic E-state index is -3.75. The molecule has 0 saturated carbocycles. The largest absolute Gasteiger partial charge is 0.495 e. The summed E-state index contributed by atoms with van der Waals surface area (Å²) in [6.45, 7) is 0. The summed E-state index contributed by atoms with van der Waals surface area (Å²) in [5.41, 5.74) is 0.743. The summed E-state index contributed by atoms with van der Waals surface area (Å²) < 4.78 is 31.2. The predicted octanol–water partition coefficient (Wildman–Crippen LogP) is 3.94. The van der Waals surface area contributed by atoms with Crippen molar-refractivity contribution in [3.8, 4) is 5.75 Å². The van der Waals surface area contributed by atoms with Crippen molar-refractivity contribution in [2.24, 2.45) is 0 Å². The van der Waals surface area contributed by atoms with Gasteiger partial charge in [-0.3, -0.25) is 4.79 Å². The smallest absolute Gasteiger partial charge is 0.257 e. The van der Waals surface area contributed by atoms with E-state index in [1.54, 1.807) is 36.4 Å². The number of nitrogens with one attached hydrogen (secondary N) is 1. The van der Waals surface area contributed by atoms with Crippen LogP contribution in [0.5, 0.6) is 5.75 Å². The Balaban J connectivity index is 1.82. The molecule has 6 nitrogen and oxygen atoms in total. The van der Waals surface area contributed by atoms with Gasteiger partial charge in [-0.25, -0.2) is 13.4 Å². The molecule has 0 spiro atoms. The van der Waals surface area contributed by atoms with Crippen molar-refractivity contribution in [3.05, 3.63) is 76.9 Å². The van der Waals surface area contributed by atoms with Gasteiger partial charge in [-0.2, -0.15) is 0 Å². The van der Waals surface area contributed by atoms with Gasteiger partial charge >= 0.3 is 0 Å². The topological polar surface area (TPSA) is 85.4 Å². The number of nitrogens with zero attached hydrogens (tertiary/aromatic N) is 1. The second kappa shape index (κ2) is 7.89. The minimum Gasteiger partial charge on any atom is -0.495 e. The van der Waals surface area contributed by atoms with Crippen molar-refractivity contribution in [1.29, 1.82) is 0 Å². The second-order valence-corrected chi connectivity index (χ2v) is 8.31. The first-order valence-electron chi connectivity index (χ1n) is 7.83. The van der Waals surface area contributed by atoms with Gasteiger partial charge in [0.25, 0.3) is 5.91 Å². The van der Waals surface area contributed by atoms with Crippen molar-refractivity contribution in [3.63, 3.8) is 0 Å². The number of hydrogen-bond acceptors (Lipinski definition) is 5. The normalized spacial score (nSPS) is 11.0. The summed E-state index contributed by atoms with van der Waals surface area (Å²) in [6.07, 6.45) is 1.23. The molecular weight excluding hydrogens is 432 g/mol. The number of pyridine rings is 1. The molecule has 1 aromatic heterocycles. The van der Waals surface area contributed by atoms with E-state index in [0.29, 0.717) is 11.4 Å². The van der Waals surface area contributed by atoms with Crippen molar-refractivity contribution in [2.75, 3.05) is 12.4 Å². The molecule has 0 fully saturated rings. The van der Waals surface area contributed by atoms with E-state index >= 15 is 0 Å². The van der Waals surface area contributed by atoms with E-state index in [1.807, 2.05) is 0 Å². The summed E-state index contributed by atoms with van der Waals surface area (Å²) in [5.74, 6) is 0.104. The molecule has 0 atom stereocenters. The van der Waals surface area contributed by atoms with Gasteiger partial charge in [0.2, 0.25) is 9.84 Å². The number of carbonyl (C=O) groups is 1. The Kier molecular flexibility index (Phi) is 5.57. The van der Waals surface area contributed by atoms with E-state index in [0.717, 1.165) is 4.47 Å². The number of carbonyl (C=O) groups excluding carboxylic acids is 1. The molecule has 1 amide bonds. The third-order valence-electron chi connectivity index (χ3n) is 3.75. The van der Waals surface area contributed by atoms with Crippen LogP contribution in [0, 0.1) is 0 Å².